The number of hydrogen-bond donors (Lipinski definition) is 2. The van der Waals surface area contributed by atoms with Gasteiger partial charge < -0.3 is 15.8 Å². The molecule has 4 atom stereocenters. The molecule has 0 aromatic heterocycles. The Bertz CT molecular complexity index is 277. The van der Waals surface area contributed by atoms with Crippen LogP contribution in [0.15, 0.2) is 0 Å². The molecule has 2 rings (SSSR count). The van der Waals surface area contributed by atoms with Crippen molar-refractivity contribution in [3.05, 3.63) is 0 Å². The maximum Gasteiger partial charge on any atom is 0.223 e. The topological polar surface area (TPSA) is 64.4 Å². The van der Waals surface area contributed by atoms with E-state index in [0.717, 1.165) is 51.7 Å². The van der Waals surface area contributed by atoms with E-state index in [0.29, 0.717) is 12.0 Å². The van der Waals surface area contributed by atoms with Crippen molar-refractivity contribution in [3.8, 4) is 0 Å². The number of nitrogens with one attached hydrogen (secondary N) is 1. The lowest BCUT2D eigenvalue weighted by molar-refractivity contribution is -0.127. The quantitative estimate of drug-likeness (QED) is 0.798. The van der Waals surface area contributed by atoms with Crippen LogP contribution in [0, 0.1) is 11.8 Å². The number of amides is 1. The van der Waals surface area contributed by atoms with E-state index in [2.05, 4.69) is 12.2 Å². The summed E-state index contributed by atoms with van der Waals surface area (Å²) in [5, 5.41) is 3.06. The van der Waals surface area contributed by atoms with Gasteiger partial charge in [0.1, 0.15) is 0 Å². The minimum absolute atomic E-state index is 0.109. The summed E-state index contributed by atoms with van der Waals surface area (Å²) in [7, 11) is 0. The Morgan fingerprint density at radius 1 is 1.33 bits per heavy atom. The van der Waals surface area contributed by atoms with Gasteiger partial charge in [0.05, 0.1) is 6.10 Å². The van der Waals surface area contributed by atoms with Crippen LogP contribution in [0.1, 0.15) is 45.4 Å². The maximum atomic E-state index is 12.1. The van der Waals surface area contributed by atoms with Gasteiger partial charge in [-0.2, -0.15) is 0 Å². The summed E-state index contributed by atoms with van der Waals surface area (Å²) in [6.07, 6.45) is 6.72. The van der Waals surface area contributed by atoms with E-state index in [4.69, 9.17) is 10.5 Å². The Morgan fingerprint density at radius 2 is 2.17 bits per heavy atom. The molecule has 0 radical (unpaired) electrons. The van der Waals surface area contributed by atoms with Crippen molar-refractivity contribution in [2.24, 2.45) is 17.6 Å². The van der Waals surface area contributed by atoms with Crippen LogP contribution in [0.3, 0.4) is 0 Å². The lowest BCUT2D eigenvalue weighted by atomic mass is 9.77. The van der Waals surface area contributed by atoms with Gasteiger partial charge >= 0.3 is 0 Å². The average Bonchev–Trinajstić information content (AvgIpc) is 2.85. The van der Waals surface area contributed by atoms with E-state index < -0.39 is 0 Å². The molecule has 1 saturated carbocycles. The fourth-order valence-corrected chi connectivity index (χ4v) is 3.13. The van der Waals surface area contributed by atoms with Crippen LogP contribution in [0.25, 0.3) is 0 Å². The fraction of sp³-hybridized carbons (Fsp3) is 0.929. The highest BCUT2D eigenvalue weighted by Gasteiger charge is 2.32. The van der Waals surface area contributed by atoms with Gasteiger partial charge in [-0.1, -0.05) is 13.3 Å². The molecule has 1 heterocycles. The first-order chi connectivity index (χ1) is 8.68. The lowest BCUT2D eigenvalue weighted by Gasteiger charge is -2.32. The molecule has 3 N–H and O–H groups in total. The average molecular weight is 254 g/mol. The van der Waals surface area contributed by atoms with Crippen molar-refractivity contribution in [3.63, 3.8) is 0 Å². The Kier molecular flexibility index (Phi) is 5.01. The van der Waals surface area contributed by atoms with Crippen molar-refractivity contribution < 1.29 is 9.53 Å². The molecule has 1 aliphatic carbocycles. The van der Waals surface area contributed by atoms with Crippen LogP contribution in [0.5, 0.6) is 0 Å². The highest BCUT2D eigenvalue weighted by atomic mass is 16.5. The molecule has 1 amide bonds. The molecule has 2 fully saturated rings. The first kappa shape index (κ1) is 13.8. The summed E-state index contributed by atoms with van der Waals surface area (Å²) in [4.78, 5) is 12.1. The summed E-state index contributed by atoms with van der Waals surface area (Å²) >= 11 is 0. The third-order valence-corrected chi connectivity index (χ3v) is 4.49. The summed E-state index contributed by atoms with van der Waals surface area (Å²) in [5.41, 5.74) is 6.03. The van der Waals surface area contributed by atoms with Gasteiger partial charge in [-0.25, -0.2) is 0 Å². The van der Waals surface area contributed by atoms with Gasteiger partial charge in [-0.05, 0) is 38.0 Å². The van der Waals surface area contributed by atoms with E-state index in [1.54, 1.807) is 0 Å². The maximum absolute atomic E-state index is 12.1. The van der Waals surface area contributed by atoms with Crippen molar-refractivity contribution >= 4 is 5.91 Å². The highest BCUT2D eigenvalue weighted by Crippen LogP contribution is 2.29. The van der Waals surface area contributed by atoms with E-state index in [9.17, 15) is 4.79 Å². The van der Waals surface area contributed by atoms with E-state index >= 15 is 0 Å². The van der Waals surface area contributed by atoms with Crippen LogP contribution in [0.4, 0.5) is 0 Å². The molecule has 104 valence electrons. The first-order valence-electron chi connectivity index (χ1n) is 7.33. The third kappa shape index (κ3) is 3.45. The number of rotatable bonds is 4. The summed E-state index contributed by atoms with van der Waals surface area (Å²) < 4.78 is 5.55. The third-order valence-electron chi connectivity index (χ3n) is 4.49. The molecule has 4 nitrogen and oxygen atoms in total. The largest absolute Gasteiger partial charge is 0.378 e. The molecule has 4 heteroatoms. The lowest BCUT2D eigenvalue weighted by Crippen LogP contribution is -2.44. The molecular weight excluding hydrogens is 228 g/mol. The molecule has 0 aromatic carbocycles. The second kappa shape index (κ2) is 6.53. The predicted octanol–water partition coefficient (Wildman–Crippen LogP) is 1.44. The molecule has 4 unspecified atom stereocenters. The van der Waals surface area contributed by atoms with Crippen LogP contribution in [-0.2, 0) is 9.53 Å². The highest BCUT2D eigenvalue weighted by molar-refractivity contribution is 5.79. The zero-order valence-corrected chi connectivity index (χ0v) is 11.4. The molecule has 1 saturated heterocycles. The molecule has 0 spiro atoms. The van der Waals surface area contributed by atoms with Crippen molar-refractivity contribution in [2.75, 3.05) is 13.2 Å². The Hall–Kier alpha value is -0.610. The molecular formula is C14H26N2O2. The van der Waals surface area contributed by atoms with Gasteiger partial charge in [0, 0.05) is 25.1 Å². The molecule has 18 heavy (non-hydrogen) atoms. The molecule has 0 aromatic rings. The van der Waals surface area contributed by atoms with E-state index in [-0.39, 0.29) is 17.9 Å². The van der Waals surface area contributed by atoms with Gasteiger partial charge in [-0.3, -0.25) is 4.79 Å². The van der Waals surface area contributed by atoms with Crippen LogP contribution in [-0.4, -0.2) is 31.2 Å². The first-order valence-corrected chi connectivity index (χ1v) is 7.33. The van der Waals surface area contributed by atoms with Crippen molar-refractivity contribution in [1.29, 1.82) is 0 Å². The fourth-order valence-electron chi connectivity index (χ4n) is 3.13. The number of hydrogen-bond acceptors (Lipinski definition) is 3. The SMILES string of the molecule is CC1C(N)CCCC1C(=O)NCCC1CCCO1. The molecule has 1 aliphatic heterocycles. The molecule has 0 bridgehead atoms. The van der Waals surface area contributed by atoms with E-state index in [1.165, 1.54) is 0 Å². The predicted molar refractivity (Wildman–Crippen MR) is 71.1 cm³/mol. The Morgan fingerprint density at radius 3 is 2.89 bits per heavy atom. The minimum Gasteiger partial charge on any atom is -0.378 e. The second-order valence-electron chi connectivity index (χ2n) is 5.78. The Labute approximate surface area is 110 Å². The molecule has 2 aliphatic rings. The van der Waals surface area contributed by atoms with Crippen LogP contribution < -0.4 is 11.1 Å². The van der Waals surface area contributed by atoms with Crippen molar-refractivity contribution in [1.82, 2.24) is 5.32 Å². The summed E-state index contributed by atoms with van der Waals surface area (Å²) in [6, 6.07) is 0.188. The Balaban J connectivity index is 1.70. The van der Waals surface area contributed by atoms with Gasteiger partial charge in [-0.15, -0.1) is 0 Å². The van der Waals surface area contributed by atoms with E-state index in [1.807, 2.05) is 0 Å². The smallest absolute Gasteiger partial charge is 0.223 e. The van der Waals surface area contributed by atoms with Gasteiger partial charge in [0.15, 0.2) is 0 Å². The van der Waals surface area contributed by atoms with Crippen molar-refractivity contribution in [2.45, 2.75) is 57.6 Å². The normalized spacial score (nSPS) is 36.6. The minimum atomic E-state index is 0.109. The standard InChI is InChI=1S/C14H26N2O2/c1-10-12(5-2-6-13(10)15)14(17)16-8-7-11-4-3-9-18-11/h10-13H,2-9,15H2,1H3,(H,16,17). The number of nitrogens with two attached hydrogens (primary N) is 1. The summed E-state index contributed by atoms with van der Waals surface area (Å²) in [6.45, 7) is 3.73. The van der Waals surface area contributed by atoms with Gasteiger partial charge in [0.25, 0.3) is 0 Å². The van der Waals surface area contributed by atoms with Crippen LogP contribution in [0.2, 0.25) is 0 Å². The zero-order chi connectivity index (χ0) is 13.0. The zero-order valence-electron chi connectivity index (χ0n) is 11.4. The van der Waals surface area contributed by atoms with Crippen LogP contribution >= 0.6 is 0 Å². The van der Waals surface area contributed by atoms with Gasteiger partial charge in [0.2, 0.25) is 5.91 Å². The second-order valence-corrected chi connectivity index (χ2v) is 5.78. The number of carbonyl (C=O) groups is 1. The number of carbonyl (C=O) groups excluding carboxylic acids is 1. The monoisotopic (exact) mass is 254 g/mol. The summed E-state index contributed by atoms with van der Waals surface area (Å²) in [5.74, 6) is 0.607. The number of ether oxygens (including phenoxy) is 1.